The highest BCUT2D eigenvalue weighted by molar-refractivity contribution is 6.42. The number of methoxy groups -OCH3 is 1. The SMILES string of the molecule is COc1ccc(N2C(=O)C(=C=N)C(=O)C2C(=O)Nc2c(C)cccc2C)cc1. The first-order valence-electron chi connectivity index (χ1n) is 8.57. The van der Waals surface area contributed by atoms with Crippen LogP contribution in [-0.4, -0.2) is 36.6 Å². The molecule has 2 N–H and O–H groups in total. The second-order valence-corrected chi connectivity index (χ2v) is 6.40. The number of carbonyl (C=O) groups excluding carboxylic acids is 3. The highest BCUT2D eigenvalue weighted by Crippen LogP contribution is 2.30. The third-order valence-electron chi connectivity index (χ3n) is 4.64. The van der Waals surface area contributed by atoms with Gasteiger partial charge in [0.1, 0.15) is 11.3 Å². The van der Waals surface area contributed by atoms with Crippen molar-refractivity contribution < 1.29 is 19.1 Å². The summed E-state index contributed by atoms with van der Waals surface area (Å²) in [6, 6.07) is 10.5. The number of Topliss-reactive ketones (excluding diaryl/α,β-unsaturated/α-hetero) is 1. The van der Waals surface area contributed by atoms with Gasteiger partial charge in [0.2, 0.25) is 5.78 Å². The van der Waals surface area contributed by atoms with Crippen LogP contribution in [0.5, 0.6) is 5.75 Å². The van der Waals surface area contributed by atoms with Gasteiger partial charge in [-0.3, -0.25) is 24.7 Å². The third kappa shape index (κ3) is 3.19. The first-order chi connectivity index (χ1) is 13.4. The molecular formula is C21H19N3O4. The minimum atomic E-state index is -1.41. The molecular weight excluding hydrogens is 358 g/mol. The van der Waals surface area contributed by atoms with Gasteiger partial charge in [0.25, 0.3) is 11.8 Å². The lowest BCUT2D eigenvalue weighted by Crippen LogP contribution is -2.45. The van der Waals surface area contributed by atoms with Crippen molar-refractivity contribution in [3.8, 4) is 5.75 Å². The van der Waals surface area contributed by atoms with Crippen LogP contribution in [-0.2, 0) is 14.4 Å². The van der Waals surface area contributed by atoms with E-state index >= 15 is 0 Å². The Kier molecular flexibility index (Phi) is 5.11. The predicted molar refractivity (Wildman–Crippen MR) is 105 cm³/mol. The van der Waals surface area contributed by atoms with E-state index in [-0.39, 0.29) is 0 Å². The number of nitrogens with one attached hydrogen (secondary N) is 2. The van der Waals surface area contributed by atoms with Crippen molar-refractivity contribution in [3.05, 3.63) is 59.2 Å². The molecule has 0 aromatic heterocycles. The Morgan fingerprint density at radius 3 is 2.25 bits per heavy atom. The largest absolute Gasteiger partial charge is 0.497 e. The Labute approximate surface area is 162 Å². The minimum absolute atomic E-state index is 0.353. The molecule has 142 valence electrons. The number of anilines is 2. The van der Waals surface area contributed by atoms with Crippen LogP contribution in [0.3, 0.4) is 0 Å². The average molecular weight is 377 g/mol. The molecule has 1 atom stereocenters. The minimum Gasteiger partial charge on any atom is -0.497 e. The van der Waals surface area contributed by atoms with Crippen molar-refractivity contribution in [2.75, 3.05) is 17.3 Å². The van der Waals surface area contributed by atoms with E-state index in [4.69, 9.17) is 10.1 Å². The highest BCUT2D eigenvalue weighted by Gasteiger charge is 2.48. The number of hydrogen-bond acceptors (Lipinski definition) is 5. The summed E-state index contributed by atoms with van der Waals surface area (Å²) in [6.07, 6.45) is 0. The fourth-order valence-corrected chi connectivity index (χ4v) is 3.16. The van der Waals surface area contributed by atoms with Crippen LogP contribution < -0.4 is 15.0 Å². The summed E-state index contributed by atoms with van der Waals surface area (Å²) >= 11 is 0. The molecule has 0 spiro atoms. The molecule has 1 saturated heterocycles. The van der Waals surface area contributed by atoms with Crippen molar-refractivity contribution in [3.63, 3.8) is 0 Å². The second kappa shape index (κ2) is 7.50. The Morgan fingerprint density at radius 2 is 1.71 bits per heavy atom. The zero-order valence-corrected chi connectivity index (χ0v) is 15.7. The molecule has 3 rings (SSSR count). The van der Waals surface area contributed by atoms with Crippen LogP contribution in [0.15, 0.2) is 48.0 Å². The predicted octanol–water partition coefficient (Wildman–Crippen LogP) is 2.41. The molecule has 1 heterocycles. The normalized spacial score (nSPS) is 16.2. The summed E-state index contributed by atoms with van der Waals surface area (Å²) in [4.78, 5) is 39.4. The number of benzene rings is 2. The van der Waals surface area contributed by atoms with E-state index in [0.29, 0.717) is 17.1 Å². The number of nitrogens with zero attached hydrogens (tertiary/aromatic N) is 1. The van der Waals surface area contributed by atoms with Gasteiger partial charge in [0.15, 0.2) is 6.04 Å². The Morgan fingerprint density at radius 1 is 1.11 bits per heavy atom. The second-order valence-electron chi connectivity index (χ2n) is 6.40. The molecule has 2 aromatic rings. The summed E-state index contributed by atoms with van der Waals surface area (Å²) in [5, 5.41) is 10.0. The fraction of sp³-hybridized carbons (Fsp3) is 0.190. The number of carbonyl (C=O) groups is 3. The quantitative estimate of drug-likeness (QED) is 0.370. The smallest absolute Gasteiger partial charge is 0.272 e. The Bertz CT molecular complexity index is 1000. The zero-order valence-electron chi connectivity index (χ0n) is 15.7. The highest BCUT2D eigenvalue weighted by atomic mass is 16.5. The summed E-state index contributed by atoms with van der Waals surface area (Å²) < 4.78 is 5.10. The molecule has 2 aromatic carbocycles. The molecule has 7 heteroatoms. The number of ketones is 1. The molecule has 0 radical (unpaired) electrons. The lowest BCUT2D eigenvalue weighted by Gasteiger charge is -2.23. The van der Waals surface area contributed by atoms with Gasteiger partial charge < -0.3 is 10.1 Å². The summed E-state index contributed by atoms with van der Waals surface area (Å²) in [6.45, 7) is 3.68. The van der Waals surface area contributed by atoms with Gasteiger partial charge in [-0.2, -0.15) is 0 Å². The number of rotatable bonds is 4. The van der Waals surface area contributed by atoms with Crippen LogP contribution in [0.4, 0.5) is 11.4 Å². The van der Waals surface area contributed by atoms with E-state index in [2.05, 4.69) is 5.32 Å². The molecule has 2 amide bonds. The van der Waals surface area contributed by atoms with E-state index < -0.39 is 29.2 Å². The molecule has 0 aliphatic carbocycles. The number of ether oxygens (including phenoxy) is 1. The van der Waals surface area contributed by atoms with Crippen LogP contribution in [0.2, 0.25) is 0 Å². The van der Waals surface area contributed by atoms with E-state index in [0.717, 1.165) is 16.0 Å². The molecule has 0 bridgehead atoms. The Balaban J connectivity index is 2.01. The monoisotopic (exact) mass is 377 g/mol. The first kappa shape index (κ1) is 19.1. The molecule has 1 aliphatic rings. The lowest BCUT2D eigenvalue weighted by molar-refractivity contribution is -0.124. The maximum absolute atomic E-state index is 13.0. The summed E-state index contributed by atoms with van der Waals surface area (Å²) in [5.74, 6) is 0.327. The van der Waals surface area contributed by atoms with Gasteiger partial charge in [0.05, 0.1) is 7.11 Å². The van der Waals surface area contributed by atoms with Gasteiger partial charge in [-0.15, -0.1) is 0 Å². The molecule has 1 fully saturated rings. The number of amides is 2. The fourth-order valence-electron chi connectivity index (χ4n) is 3.16. The standard InChI is InChI=1S/C21H19N3O4/c1-12-5-4-6-13(2)17(12)23-20(26)18-19(25)16(11-22)21(27)24(18)14-7-9-15(28-3)10-8-14/h4-10,18,22H,1-3H3,(H,23,26). The van der Waals surface area contributed by atoms with Crippen molar-refractivity contribution in [2.24, 2.45) is 0 Å². The zero-order chi connectivity index (χ0) is 20.4. The molecule has 1 unspecified atom stereocenters. The maximum Gasteiger partial charge on any atom is 0.272 e. The maximum atomic E-state index is 13.0. The number of hydrogen-bond donors (Lipinski definition) is 2. The van der Waals surface area contributed by atoms with Gasteiger partial charge in [0, 0.05) is 11.4 Å². The number of aryl methyl sites for hydroxylation is 2. The van der Waals surface area contributed by atoms with Crippen molar-refractivity contribution >= 4 is 34.8 Å². The number of para-hydroxylation sites is 1. The molecule has 28 heavy (non-hydrogen) atoms. The lowest BCUT2D eigenvalue weighted by atomic mass is 10.1. The van der Waals surface area contributed by atoms with Crippen LogP contribution >= 0.6 is 0 Å². The van der Waals surface area contributed by atoms with Gasteiger partial charge >= 0.3 is 0 Å². The Hall–Kier alpha value is -3.70. The van der Waals surface area contributed by atoms with E-state index in [9.17, 15) is 14.4 Å². The van der Waals surface area contributed by atoms with Crippen molar-refractivity contribution in [2.45, 2.75) is 19.9 Å². The van der Waals surface area contributed by atoms with Crippen molar-refractivity contribution in [1.29, 1.82) is 5.41 Å². The van der Waals surface area contributed by atoms with Crippen LogP contribution in [0.1, 0.15) is 11.1 Å². The van der Waals surface area contributed by atoms with E-state index in [1.165, 1.54) is 7.11 Å². The summed E-state index contributed by atoms with van der Waals surface area (Å²) in [5.41, 5.74) is 2.17. The van der Waals surface area contributed by atoms with Crippen LogP contribution in [0.25, 0.3) is 0 Å². The first-order valence-corrected chi connectivity index (χ1v) is 8.57. The van der Waals surface area contributed by atoms with Crippen LogP contribution in [0, 0.1) is 19.3 Å². The third-order valence-corrected chi connectivity index (χ3v) is 4.64. The molecule has 7 nitrogen and oxygen atoms in total. The molecule has 1 aliphatic heterocycles. The van der Waals surface area contributed by atoms with E-state index in [1.54, 1.807) is 24.3 Å². The topological polar surface area (TPSA) is 99.6 Å². The van der Waals surface area contributed by atoms with Gasteiger partial charge in [-0.05, 0) is 55.1 Å². The molecule has 0 saturated carbocycles. The van der Waals surface area contributed by atoms with E-state index in [1.807, 2.05) is 37.9 Å². The summed E-state index contributed by atoms with van der Waals surface area (Å²) in [7, 11) is 1.51. The van der Waals surface area contributed by atoms with Crippen molar-refractivity contribution in [1.82, 2.24) is 0 Å². The van der Waals surface area contributed by atoms with Gasteiger partial charge in [-0.25, -0.2) is 0 Å². The average Bonchev–Trinajstić information content (AvgIpc) is 2.94. The van der Waals surface area contributed by atoms with Gasteiger partial charge in [-0.1, -0.05) is 18.2 Å².